The van der Waals surface area contributed by atoms with Crippen LogP contribution in [0.25, 0.3) is 28.7 Å². The Hall–Kier alpha value is -6.70. The fraction of sp³-hybridized carbons (Fsp3) is 0.422. The van der Waals surface area contributed by atoms with Gasteiger partial charge in [-0.2, -0.15) is 0 Å². The molecule has 4 aliphatic heterocycles. The van der Waals surface area contributed by atoms with Crippen LogP contribution >= 0.6 is 0 Å². The average Bonchev–Trinajstić information content (AvgIpc) is 3.34. The van der Waals surface area contributed by atoms with E-state index in [0.29, 0.717) is 5.56 Å². The van der Waals surface area contributed by atoms with Crippen LogP contribution in [0.5, 0.6) is 34.5 Å². The quantitative estimate of drug-likeness (QED) is 0.0283. The Balaban J connectivity index is 1.27. The van der Waals surface area contributed by atoms with Gasteiger partial charge in [0.2, 0.25) is 18.9 Å². The van der Waals surface area contributed by atoms with Gasteiger partial charge in [0.15, 0.2) is 16.9 Å². The first-order valence-electron chi connectivity index (χ1n) is 21.5. The van der Waals surface area contributed by atoms with Crippen LogP contribution in [-0.4, -0.2) is 191 Å². The zero-order chi connectivity index (χ0) is 52.3. The number of aromatic hydroxyl groups is 2. The highest BCUT2D eigenvalue weighted by Gasteiger charge is 2.48. The van der Waals surface area contributed by atoms with E-state index in [1.54, 1.807) is 0 Å². The molecule has 0 spiro atoms. The molecule has 4 heterocycles. The van der Waals surface area contributed by atoms with Crippen LogP contribution in [0.3, 0.4) is 0 Å². The average molecular weight is 1020 g/mol. The van der Waals surface area contributed by atoms with Crippen molar-refractivity contribution in [3.63, 3.8) is 0 Å². The summed E-state index contributed by atoms with van der Waals surface area (Å²) in [7, 11) is 0. The maximum Gasteiger partial charge on any atom is 0.330 e. The molecule has 5 aliphatic rings. The van der Waals surface area contributed by atoms with Gasteiger partial charge in [-0.05, 0) is 47.7 Å². The van der Waals surface area contributed by atoms with Gasteiger partial charge in [0.1, 0.15) is 115 Å². The van der Waals surface area contributed by atoms with Crippen LogP contribution < -0.4 is 29.9 Å². The number of carboxylic acid groups (broad SMARTS) is 1. The number of aliphatic hydroxyl groups excluding tert-OH is 10. The number of benzene rings is 3. The first kappa shape index (κ1) is 53.1. The molecule has 0 saturated carbocycles. The van der Waals surface area contributed by atoms with Crippen LogP contribution in [-0.2, 0) is 38.1 Å². The molecule has 27 nitrogen and oxygen atoms in total. The number of rotatable bonds is 16. The van der Waals surface area contributed by atoms with Gasteiger partial charge in [0, 0.05) is 23.8 Å². The number of phenols is 2. The number of aliphatic carboxylic acids is 1. The Morgan fingerprint density at radius 2 is 1.12 bits per heavy atom. The van der Waals surface area contributed by atoms with Crippen molar-refractivity contribution >= 4 is 24.0 Å². The molecule has 0 aromatic heterocycles. The molecule has 3 fully saturated rings. The van der Waals surface area contributed by atoms with Crippen molar-refractivity contribution in [1.82, 2.24) is 0 Å². The Morgan fingerprint density at radius 3 is 1.65 bits per heavy atom. The van der Waals surface area contributed by atoms with Gasteiger partial charge >= 0.3 is 11.9 Å². The van der Waals surface area contributed by atoms with E-state index in [0.717, 1.165) is 36.4 Å². The van der Waals surface area contributed by atoms with Crippen molar-refractivity contribution < 1.29 is 128 Å². The van der Waals surface area contributed by atoms with Crippen LogP contribution in [0.15, 0.2) is 69.9 Å². The van der Waals surface area contributed by atoms with Gasteiger partial charge in [-0.3, -0.25) is 9.59 Å². The second kappa shape index (κ2) is 22.4. The number of fused-ring (bicyclic) bond motifs is 1. The van der Waals surface area contributed by atoms with Gasteiger partial charge in [-0.1, -0.05) is 12.1 Å². The van der Waals surface area contributed by atoms with Crippen LogP contribution in [0, 0.1) is 0 Å². The predicted octanol–water partition coefficient (Wildman–Crippen LogP) is -5.61. The summed E-state index contributed by atoms with van der Waals surface area (Å²) in [5.74, 6) is -9.52. The topological polar surface area (TPSA) is 444 Å². The van der Waals surface area contributed by atoms with Gasteiger partial charge in [-0.25, -0.2) is 4.79 Å². The summed E-state index contributed by atoms with van der Waals surface area (Å²) in [5.41, 5.74) is -0.991. The maximum atomic E-state index is 14.3. The van der Waals surface area contributed by atoms with E-state index in [9.17, 15) is 90.7 Å². The minimum absolute atomic E-state index is 0.0323. The molecule has 2 aromatic rings. The molecular formula is C45H46O27-2. The smallest absolute Gasteiger partial charge is 0.330 e. The highest BCUT2D eigenvalue weighted by Crippen LogP contribution is 2.47. The predicted molar refractivity (Wildman–Crippen MR) is 226 cm³/mol. The molecule has 0 amide bonds. The van der Waals surface area contributed by atoms with E-state index in [-0.39, 0.29) is 17.1 Å². The molecule has 27 heteroatoms. The Bertz CT molecular complexity index is 2620. The van der Waals surface area contributed by atoms with Crippen molar-refractivity contribution in [3.05, 3.63) is 76.5 Å². The number of carbonyl (C=O) groups excluding carboxylic acids is 3. The number of phenolic OH excluding ortho intramolecular Hbond substituents is 2. The second-order valence-corrected chi connectivity index (χ2v) is 16.5. The largest absolute Gasteiger partial charge is 0.867 e. The van der Waals surface area contributed by atoms with Gasteiger partial charge in [-0.15, -0.1) is 0 Å². The van der Waals surface area contributed by atoms with Crippen molar-refractivity contribution in [2.75, 3.05) is 19.8 Å². The lowest BCUT2D eigenvalue weighted by molar-refractivity contribution is -0.305. The minimum Gasteiger partial charge on any atom is -0.867 e. The number of aliphatic hydroxyl groups is 10. The fourth-order valence-corrected chi connectivity index (χ4v) is 7.49. The molecule has 3 saturated heterocycles. The maximum absolute atomic E-state index is 14.3. The number of carbonyl (C=O) groups is 3. The van der Waals surface area contributed by atoms with E-state index in [1.165, 1.54) is 30.3 Å². The van der Waals surface area contributed by atoms with Gasteiger partial charge < -0.3 is 119 Å². The molecule has 2 aromatic carbocycles. The van der Waals surface area contributed by atoms with E-state index in [4.69, 9.17) is 42.3 Å². The standard InChI is InChI=1S/C45H48O27/c46-13-26-33(55)36(58)39(61)43(70-26)67-23-7-17(8-24(32(23)54)68-44-40(62)37(59)34(56)27(71-44)14-64-30(52)6-3-16-1-4-18(47)5-2-16)42-25(11-20-21(49)9-19(48)10-22(20)66-42)69-45-41(63)38(60)35(57)28(72-45)15-65-31(53)12-29(50)51/h1-11,26-28,33-41,43-47,49,54-63H,12-15H2,(H,50,51)/p-2/b6-3+/t26-,27-,28+,33-,34-,35+,36+,37+,38-,39-,40-,41+,43+,44+,45-/m0/s1. The van der Waals surface area contributed by atoms with Crippen LogP contribution in [0.1, 0.15) is 12.0 Å². The lowest BCUT2D eigenvalue weighted by atomic mass is 9.99. The minimum atomic E-state index is -2.18. The molecule has 0 radical (unpaired) electrons. The SMILES string of the molecule is O=C([O-])CC(=O)OC[C@H]1O[C@H](Oc2cc3c(O)cc(=O)cc-3oc2-c2cc(O[C@@H]3O[C@@H](CO)[C@H](O)[C@@H](O)[C@@H]3O)c([O-])c(O[C@@H]3O[C@@H](COC(=O)/C=C/c4ccc(O)cc4)[C@H](O)[C@@H](O)[C@@H]3O)c2)[C@H](O)[C@@H](O)[C@@H]1O. The number of esters is 2. The van der Waals surface area contributed by atoms with E-state index in [2.05, 4.69) is 0 Å². The van der Waals surface area contributed by atoms with Crippen LogP contribution in [0.2, 0.25) is 0 Å². The number of hydrogen-bond acceptors (Lipinski definition) is 27. The third-order valence-corrected chi connectivity index (χ3v) is 11.4. The van der Waals surface area contributed by atoms with Crippen molar-refractivity contribution in [2.24, 2.45) is 0 Å². The first-order chi connectivity index (χ1) is 34.1. The molecule has 0 bridgehead atoms. The molecule has 390 valence electrons. The number of carboxylic acids is 1. The van der Waals surface area contributed by atoms with Gasteiger partial charge in [0.25, 0.3) is 0 Å². The molecule has 7 rings (SSSR count). The molecule has 72 heavy (non-hydrogen) atoms. The normalized spacial score (nSPS) is 30.7. The third kappa shape index (κ3) is 11.8. The Morgan fingerprint density at radius 1 is 0.625 bits per heavy atom. The molecule has 12 N–H and O–H groups in total. The van der Waals surface area contributed by atoms with Crippen molar-refractivity contribution in [3.8, 4) is 57.1 Å². The summed E-state index contributed by atoms with van der Waals surface area (Å²) in [6.45, 7) is -2.63. The Labute approximate surface area is 403 Å². The summed E-state index contributed by atoms with van der Waals surface area (Å²) in [5, 5.41) is 152. The van der Waals surface area contributed by atoms with E-state index in [1.807, 2.05) is 0 Å². The van der Waals surface area contributed by atoms with E-state index >= 15 is 0 Å². The highest BCUT2D eigenvalue weighted by atomic mass is 16.7. The lowest BCUT2D eigenvalue weighted by Crippen LogP contribution is -2.60. The third-order valence-electron chi connectivity index (χ3n) is 11.4. The summed E-state index contributed by atoms with van der Waals surface area (Å²) in [4.78, 5) is 48.0. The lowest BCUT2D eigenvalue weighted by Gasteiger charge is -2.41. The molecule has 0 unspecified atom stereocenters. The number of hydrogen-bond donors (Lipinski definition) is 12. The first-order valence-corrected chi connectivity index (χ1v) is 21.5. The Kier molecular flexibility index (Phi) is 16.5. The monoisotopic (exact) mass is 1020 g/mol. The van der Waals surface area contributed by atoms with Crippen LogP contribution in [0.4, 0.5) is 0 Å². The highest BCUT2D eigenvalue weighted by molar-refractivity contribution is 5.89. The summed E-state index contributed by atoms with van der Waals surface area (Å²) < 4.78 is 50.1. The molecule has 15 atom stereocenters. The number of ether oxygens (including phenoxy) is 8. The fourth-order valence-electron chi connectivity index (χ4n) is 7.49. The zero-order valence-electron chi connectivity index (χ0n) is 36.8. The second-order valence-electron chi connectivity index (χ2n) is 16.5. The molecular weight excluding hydrogens is 972 g/mol. The summed E-state index contributed by atoms with van der Waals surface area (Å²) >= 11 is 0. The summed E-state index contributed by atoms with van der Waals surface area (Å²) in [6, 6.07) is 10.1. The zero-order valence-corrected chi connectivity index (χ0v) is 36.8. The van der Waals surface area contributed by atoms with Crippen molar-refractivity contribution in [2.45, 2.75) is 98.5 Å². The van der Waals surface area contributed by atoms with Crippen molar-refractivity contribution in [1.29, 1.82) is 0 Å². The van der Waals surface area contributed by atoms with Gasteiger partial charge in [0.05, 0.1) is 24.6 Å². The molecule has 1 aliphatic carbocycles. The summed E-state index contributed by atoms with van der Waals surface area (Å²) in [6.07, 6.45) is -28.6. The van der Waals surface area contributed by atoms with E-state index < -0.39 is 182 Å².